The van der Waals surface area contributed by atoms with Gasteiger partial charge in [0, 0.05) is 17.1 Å². The zero-order valence-electron chi connectivity index (χ0n) is 17.9. The molecule has 3 aromatic rings. The summed E-state index contributed by atoms with van der Waals surface area (Å²) in [7, 11) is 0. The maximum atomic E-state index is 12.1. The van der Waals surface area contributed by atoms with Crippen LogP contribution in [0.2, 0.25) is 5.02 Å². The van der Waals surface area contributed by atoms with Crippen LogP contribution in [0.15, 0.2) is 65.1 Å². The molecule has 166 valence electrons. The number of ether oxygens (including phenoxy) is 1. The largest absolute Gasteiger partial charge is 0.493 e. The minimum Gasteiger partial charge on any atom is -0.493 e. The van der Waals surface area contributed by atoms with Crippen molar-refractivity contribution in [2.24, 2.45) is 5.10 Å². The Hall–Kier alpha value is -3.16. The molecule has 2 amide bonds. The van der Waals surface area contributed by atoms with E-state index < -0.39 is 0 Å². The smallest absolute Gasteiger partial charge is 0.265 e. The molecule has 0 saturated carbocycles. The first-order valence-electron chi connectivity index (χ1n) is 10.1. The number of carbonyl (C=O) groups excluding carboxylic acids is 2. The van der Waals surface area contributed by atoms with E-state index in [0.717, 1.165) is 16.9 Å². The number of aryl methyl sites for hydroxylation is 1. The Morgan fingerprint density at radius 2 is 1.91 bits per heavy atom. The van der Waals surface area contributed by atoms with Gasteiger partial charge in [-0.3, -0.25) is 9.59 Å². The topological polar surface area (TPSA) is 79.8 Å². The molecule has 8 heteroatoms. The number of anilines is 1. The van der Waals surface area contributed by atoms with Crippen LogP contribution in [0.5, 0.6) is 5.75 Å². The molecular formula is C24H24ClN3O3S. The van der Waals surface area contributed by atoms with Crippen molar-refractivity contribution in [3.8, 4) is 5.75 Å². The summed E-state index contributed by atoms with van der Waals surface area (Å²) in [6.45, 7) is 4.17. The number of carbonyl (C=O) groups is 2. The second-order valence-electron chi connectivity index (χ2n) is 7.10. The molecule has 0 atom stereocenters. The molecule has 0 unspecified atom stereocenters. The zero-order valence-corrected chi connectivity index (χ0v) is 19.4. The van der Waals surface area contributed by atoms with E-state index in [1.54, 1.807) is 24.3 Å². The first-order chi connectivity index (χ1) is 15.4. The van der Waals surface area contributed by atoms with Crippen LogP contribution >= 0.6 is 22.9 Å². The summed E-state index contributed by atoms with van der Waals surface area (Å²) in [6.07, 6.45) is 0.873. The number of hydrogen-bond donors (Lipinski definition) is 2. The van der Waals surface area contributed by atoms with Gasteiger partial charge in [0.05, 0.1) is 17.2 Å². The maximum Gasteiger partial charge on any atom is 0.265 e. The molecule has 6 nitrogen and oxygen atoms in total. The third-order valence-corrected chi connectivity index (χ3v) is 5.70. The molecule has 1 heterocycles. The summed E-state index contributed by atoms with van der Waals surface area (Å²) >= 11 is 7.32. The van der Waals surface area contributed by atoms with Crippen molar-refractivity contribution in [3.63, 3.8) is 0 Å². The number of nitrogens with one attached hydrogen (secondary N) is 2. The van der Waals surface area contributed by atoms with Gasteiger partial charge in [0.25, 0.3) is 5.91 Å². The zero-order chi connectivity index (χ0) is 22.9. The summed E-state index contributed by atoms with van der Waals surface area (Å²) in [5.41, 5.74) is 5.74. The van der Waals surface area contributed by atoms with Crippen LogP contribution in [0.25, 0.3) is 0 Å². The molecule has 0 saturated heterocycles. The van der Waals surface area contributed by atoms with Crippen molar-refractivity contribution in [2.75, 3.05) is 11.9 Å². The number of amides is 2. The van der Waals surface area contributed by atoms with Gasteiger partial charge in [-0.05, 0) is 73.2 Å². The Balaban J connectivity index is 1.42. The molecule has 0 bridgehead atoms. The highest BCUT2D eigenvalue weighted by Gasteiger charge is 2.07. The Morgan fingerprint density at radius 3 is 2.59 bits per heavy atom. The second kappa shape index (κ2) is 11.5. The molecule has 0 aliphatic carbocycles. The van der Waals surface area contributed by atoms with Crippen LogP contribution < -0.4 is 15.5 Å². The molecule has 0 spiro atoms. The van der Waals surface area contributed by atoms with Crippen molar-refractivity contribution >= 4 is 46.2 Å². The highest BCUT2D eigenvalue weighted by Crippen LogP contribution is 2.22. The van der Waals surface area contributed by atoms with Gasteiger partial charge in [-0.2, -0.15) is 5.10 Å². The van der Waals surface area contributed by atoms with E-state index >= 15 is 0 Å². The van der Waals surface area contributed by atoms with E-state index in [1.165, 1.54) is 11.3 Å². The van der Waals surface area contributed by atoms with Crippen molar-refractivity contribution in [1.82, 2.24) is 5.43 Å². The lowest BCUT2D eigenvalue weighted by atomic mass is 10.1. The molecule has 0 fully saturated rings. The number of hydrazone groups is 1. The molecule has 2 N–H and O–H groups in total. The average molecular weight is 470 g/mol. The Labute approximate surface area is 196 Å². The van der Waals surface area contributed by atoms with Gasteiger partial charge in [-0.25, -0.2) is 5.43 Å². The highest BCUT2D eigenvalue weighted by atomic mass is 35.5. The van der Waals surface area contributed by atoms with Gasteiger partial charge in [0.1, 0.15) is 5.75 Å². The molecule has 0 aliphatic heterocycles. The van der Waals surface area contributed by atoms with Crippen LogP contribution in [0.3, 0.4) is 0 Å². The fourth-order valence-corrected chi connectivity index (χ4v) is 3.70. The Bertz CT molecular complexity index is 1100. The van der Waals surface area contributed by atoms with Crippen molar-refractivity contribution in [1.29, 1.82) is 0 Å². The van der Waals surface area contributed by atoms with Gasteiger partial charge < -0.3 is 10.1 Å². The first kappa shape index (κ1) is 23.5. The molecule has 32 heavy (non-hydrogen) atoms. The van der Waals surface area contributed by atoms with Gasteiger partial charge in [-0.1, -0.05) is 29.8 Å². The molecule has 1 aromatic heterocycles. The van der Waals surface area contributed by atoms with Crippen LogP contribution in [0.4, 0.5) is 5.69 Å². The van der Waals surface area contributed by atoms with E-state index in [9.17, 15) is 9.59 Å². The van der Waals surface area contributed by atoms with E-state index in [4.69, 9.17) is 16.3 Å². The third-order valence-electron chi connectivity index (χ3n) is 4.60. The normalized spacial score (nSPS) is 11.2. The number of benzene rings is 2. The number of rotatable bonds is 9. The minimum atomic E-state index is -0.180. The lowest BCUT2D eigenvalue weighted by molar-refractivity contribution is -0.121. The van der Waals surface area contributed by atoms with E-state index in [1.807, 2.05) is 49.6 Å². The Morgan fingerprint density at radius 1 is 1.12 bits per heavy atom. The molecule has 0 aliphatic rings. The predicted molar refractivity (Wildman–Crippen MR) is 130 cm³/mol. The van der Waals surface area contributed by atoms with Gasteiger partial charge in [-0.15, -0.1) is 11.3 Å². The fraction of sp³-hybridized carbons (Fsp3) is 0.208. The Kier molecular flexibility index (Phi) is 8.41. The van der Waals surface area contributed by atoms with Crippen molar-refractivity contribution in [2.45, 2.75) is 26.7 Å². The first-order valence-corrected chi connectivity index (χ1v) is 11.4. The number of hydrogen-bond acceptors (Lipinski definition) is 5. The number of nitrogens with zero attached hydrogens (tertiary/aromatic N) is 1. The van der Waals surface area contributed by atoms with Crippen LogP contribution in [-0.4, -0.2) is 24.1 Å². The van der Waals surface area contributed by atoms with Crippen molar-refractivity contribution < 1.29 is 14.3 Å². The molecular weight excluding hydrogens is 446 g/mol. The number of halogens is 1. The minimum absolute atomic E-state index is 0.138. The van der Waals surface area contributed by atoms with E-state index in [-0.39, 0.29) is 11.8 Å². The summed E-state index contributed by atoms with van der Waals surface area (Å²) in [4.78, 5) is 24.8. The molecule has 0 radical (unpaired) electrons. The summed E-state index contributed by atoms with van der Waals surface area (Å²) < 4.78 is 5.70. The summed E-state index contributed by atoms with van der Waals surface area (Å²) in [5.74, 6) is 0.444. The van der Waals surface area contributed by atoms with Gasteiger partial charge in [0.15, 0.2) is 0 Å². The monoisotopic (exact) mass is 469 g/mol. The standard InChI is InChI=1S/C24H24ClN3O3S/c1-16-15-19(25)9-12-21(16)31-13-3-6-23(29)28-27-17(2)18-7-10-20(11-8-18)26-24(30)22-5-4-14-32-22/h4-5,7-12,14-15H,3,6,13H2,1-2H3,(H,26,30)(H,28,29)/b27-17-. The van der Waals surface area contributed by atoms with E-state index in [2.05, 4.69) is 15.8 Å². The lowest BCUT2D eigenvalue weighted by Gasteiger charge is -2.09. The molecule has 2 aromatic carbocycles. The average Bonchev–Trinajstić information content (AvgIpc) is 3.32. The summed E-state index contributed by atoms with van der Waals surface area (Å²) in [5, 5.41) is 9.54. The lowest BCUT2D eigenvalue weighted by Crippen LogP contribution is -2.19. The van der Waals surface area contributed by atoms with E-state index in [0.29, 0.717) is 40.7 Å². The van der Waals surface area contributed by atoms with Crippen LogP contribution in [-0.2, 0) is 4.79 Å². The van der Waals surface area contributed by atoms with Crippen LogP contribution in [0.1, 0.15) is 40.6 Å². The SMILES string of the molecule is C/C(=N/NC(=O)CCCOc1ccc(Cl)cc1C)c1ccc(NC(=O)c2cccs2)cc1. The molecule has 3 rings (SSSR count). The highest BCUT2D eigenvalue weighted by molar-refractivity contribution is 7.12. The van der Waals surface area contributed by atoms with Crippen molar-refractivity contribution in [3.05, 3.63) is 81.0 Å². The maximum absolute atomic E-state index is 12.1. The van der Waals surface area contributed by atoms with Gasteiger partial charge >= 0.3 is 0 Å². The van der Waals surface area contributed by atoms with Crippen LogP contribution in [0, 0.1) is 6.92 Å². The van der Waals surface area contributed by atoms with Gasteiger partial charge in [0.2, 0.25) is 5.91 Å². The third kappa shape index (κ3) is 6.93. The summed E-state index contributed by atoms with van der Waals surface area (Å²) in [6, 6.07) is 16.3. The number of thiophene rings is 1. The fourth-order valence-electron chi connectivity index (χ4n) is 2.85. The quantitative estimate of drug-likeness (QED) is 0.241. The predicted octanol–water partition coefficient (Wildman–Crippen LogP) is 5.66. The second-order valence-corrected chi connectivity index (χ2v) is 8.49.